The van der Waals surface area contributed by atoms with E-state index in [1.165, 1.54) is 16.3 Å². The van der Waals surface area contributed by atoms with E-state index in [4.69, 9.17) is 0 Å². The Morgan fingerprint density at radius 3 is 2.69 bits per heavy atom. The van der Waals surface area contributed by atoms with Crippen LogP contribution in [0.4, 0.5) is 0 Å². The molecule has 0 amide bonds. The zero-order chi connectivity index (χ0) is 17.9. The van der Waals surface area contributed by atoms with E-state index in [1.807, 2.05) is 6.92 Å². The van der Waals surface area contributed by atoms with Gasteiger partial charge in [-0.05, 0) is 55.1 Å². The maximum absolute atomic E-state index is 11.7. The summed E-state index contributed by atoms with van der Waals surface area (Å²) >= 11 is 0. The predicted octanol–water partition coefficient (Wildman–Crippen LogP) is 3.20. The van der Waals surface area contributed by atoms with Crippen LogP contribution in [0.5, 0.6) is 0 Å². The standard InChI is InChI=1S/C21H26N4O/c1-2-25-20(22-23-21(25)26)14-16-10-12-24(13-11-16)15-18-8-5-7-17-6-3-4-9-19(17)18/h3-9,16H,2,10-15H2,1H3,(H,23,26). The molecule has 2 heterocycles. The SMILES string of the molecule is CCn1c(CC2CCN(Cc3cccc4ccccc34)CC2)n[nH]c1=O. The van der Waals surface area contributed by atoms with Crippen LogP contribution in [-0.4, -0.2) is 32.8 Å². The van der Waals surface area contributed by atoms with Gasteiger partial charge in [-0.2, -0.15) is 5.10 Å². The lowest BCUT2D eigenvalue weighted by molar-refractivity contribution is 0.176. The van der Waals surface area contributed by atoms with Gasteiger partial charge in [-0.25, -0.2) is 9.89 Å². The van der Waals surface area contributed by atoms with Gasteiger partial charge < -0.3 is 0 Å². The van der Waals surface area contributed by atoms with Crippen molar-refractivity contribution in [1.29, 1.82) is 0 Å². The topological polar surface area (TPSA) is 53.9 Å². The molecule has 136 valence electrons. The normalized spacial score (nSPS) is 16.3. The summed E-state index contributed by atoms with van der Waals surface area (Å²) in [5.74, 6) is 1.52. The Hall–Kier alpha value is -2.40. The first-order valence-electron chi connectivity index (χ1n) is 9.57. The molecule has 0 aliphatic carbocycles. The maximum atomic E-state index is 11.7. The van der Waals surface area contributed by atoms with Crippen LogP contribution in [0, 0.1) is 5.92 Å². The molecule has 0 atom stereocenters. The molecule has 3 aromatic rings. The molecule has 0 spiro atoms. The van der Waals surface area contributed by atoms with Gasteiger partial charge in [0.1, 0.15) is 5.82 Å². The Morgan fingerprint density at radius 1 is 1.12 bits per heavy atom. The molecule has 2 aromatic carbocycles. The van der Waals surface area contributed by atoms with Gasteiger partial charge in [0.05, 0.1) is 0 Å². The molecule has 1 aromatic heterocycles. The van der Waals surface area contributed by atoms with E-state index < -0.39 is 0 Å². The molecule has 0 bridgehead atoms. The summed E-state index contributed by atoms with van der Waals surface area (Å²) in [6.45, 7) is 5.90. The van der Waals surface area contributed by atoms with Crippen molar-refractivity contribution in [1.82, 2.24) is 19.7 Å². The minimum atomic E-state index is -0.0871. The predicted molar refractivity (Wildman–Crippen MR) is 104 cm³/mol. The number of aromatic nitrogens is 3. The van der Waals surface area contributed by atoms with Crippen LogP contribution in [0.1, 0.15) is 31.2 Å². The largest absolute Gasteiger partial charge is 0.343 e. The van der Waals surface area contributed by atoms with E-state index in [9.17, 15) is 4.79 Å². The summed E-state index contributed by atoms with van der Waals surface area (Å²) in [5, 5.41) is 9.47. The van der Waals surface area contributed by atoms with Crippen molar-refractivity contribution in [2.24, 2.45) is 5.92 Å². The second kappa shape index (κ2) is 7.46. The van der Waals surface area contributed by atoms with Gasteiger partial charge in [0.15, 0.2) is 0 Å². The molecule has 1 aliphatic heterocycles. The number of nitrogens with one attached hydrogen (secondary N) is 1. The first kappa shape index (κ1) is 17.0. The van der Waals surface area contributed by atoms with E-state index in [-0.39, 0.29) is 5.69 Å². The lowest BCUT2D eigenvalue weighted by Gasteiger charge is -2.32. The van der Waals surface area contributed by atoms with Crippen LogP contribution in [0.3, 0.4) is 0 Å². The highest BCUT2D eigenvalue weighted by Crippen LogP contribution is 2.24. The van der Waals surface area contributed by atoms with Crippen LogP contribution in [0.25, 0.3) is 10.8 Å². The molecule has 1 fully saturated rings. The number of piperidine rings is 1. The summed E-state index contributed by atoms with van der Waals surface area (Å²) in [4.78, 5) is 14.3. The first-order chi connectivity index (χ1) is 12.7. The van der Waals surface area contributed by atoms with E-state index >= 15 is 0 Å². The fraction of sp³-hybridized carbons (Fsp3) is 0.429. The molecule has 5 nitrogen and oxygen atoms in total. The molecule has 0 unspecified atom stereocenters. The van der Waals surface area contributed by atoms with Crippen molar-refractivity contribution in [2.75, 3.05) is 13.1 Å². The quantitative estimate of drug-likeness (QED) is 0.769. The Balaban J connectivity index is 1.38. The Morgan fingerprint density at radius 2 is 1.88 bits per heavy atom. The van der Waals surface area contributed by atoms with Crippen molar-refractivity contribution in [3.8, 4) is 0 Å². The molecule has 4 rings (SSSR count). The average Bonchev–Trinajstić information content (AvgIpc) is 3.03. The number of rotatable bonds is 5. The number of H-pyrrole nitrogens is 1. The Labute approximate surface area is 153 Å². The molecule has 0 radical (unpaired) electrons. The van der Waals surface area contributed by atoms with Gasteiger partial charge in [0.25, 0.3) is 0 Å². The lowest BCUT2D eigenvalue weighted by atomic mass is 9.92. The third kappa shape index (κ3) is 3.44. The fourth-order valence-corrected chi connectivity index (χ4v) is 4.11. The number of aromatic amines is 1. The van der Waals surface area contributed by atoms with Crippen molar-refractivity contribution < 1.29 is 0 Å². The summed E-state index contributed by atoms with van der Waals surface area (Å²) in [6, 6.07) is 15.2. The van der Waals surface area contributed by atoms with E-state index in [2.05, 4.69) is 57.6 Å². The fourth-order valence-electron chi connectivity index (χ4n) is 4.11. The highest BCUT2D eigenvalue weighted by Gasteiger charge is 2.22. The second-order valence-corrected chi connectivity index (χ2v) is 7.25. The Bertz CT molecular complexity index is 929. The number of hydrogen-bond donors (Lipinski definition) is 1. The molecule has 26 heavy (non-hydrogen) atoms. The van der Waals surface area contributed by atoms with Gasteiger partial charge in [0.2, 0.25) is 0 Å². The smallest absolute Gasteiger partial charge is 0.299 e. The first-order valence-corrected chi connectivity index (χ1v) is 9.57. The summed E-state index contributed by atoms with van der Waals surface area (Å²) in [7, 11) is 0. The van der Waals surface area contributed by atoms with Crippen LogP contribution in [0.2, 0.25) is 0 Å². The molecule has 1 aliphatic rings. The Kier molecular flexibility index (Phi) is 4.89. The minimum absolute atomic E-state index is 0.0871. The number of hydrogen-bond acceptors (Lipinski definition) is 3. The molecule has 1 saturated heterocycles. The summed E-state index contributed by atoms with van der Waals surface area (Å²) in [6.07, 6.45) is 3.22. The highest BCUT2D eigenvalue weighted by molar-refractivity contribution is 5.85. The van der Waals surface area contributed by atoms with Crippen molar-refractivity contribution in [2.45, 2.75) is 39.3 Å². The van der Waals surface area contributed by atoms with Crippen LogP contribution < -0.4 is 5.69 Å². The number of nitrogens with zero attached hydrogens (tertiary/aromatic N) is 3. The average molecular weight is 350 g/mol. The molecule has 5 heteroatoms. The second-order valence-electron chi connectivity index (χ2n) is 7.25. The van der Waals surface area contributed by atoms with Gasteiger partial charge >= 0.3 is 5.69 Å². The van der Waals surface area contributed by atoms with Crippen LogP contribution in [0.15, 0.2) is 47.3 Å². The third-order valence-electron chi connectivity index (χ3n) is 5.61. The monoisotopic (exact) mass is 350 g/mol. The van der Waals surface area contributed by atoms with Gasteiger partial charge in [-0.15, -0.1) is 0 Å². The molecular weight excluding hydrogens is 324 g/mol. The summed E-state index contributed by atoms with van der Waals surface area (Å²) in [5.41, 5.74) is 1.32. The van der Waals surface area contributed by atoms with Crippen LogP contribution in [-0.2, 0) is 19.5 Å². The molecular formula is C21H26N4O. The lowest BCUT2D eigenvalue weighted by Crippen LogP contribution is -2.34. The molecule has 1 N–H and O–H groups in total. The van der Waals surface area contributed by atoms with Gasteiger partial charge in [-0.3, -0.25) is 9.47 Å². The van der Waals surface area contributed by atoms with E-state index in [1.54, 1.807) is 4.57 Å². The van der Waals surface area contributed by atoms with Crippen molar-refractivity contribution in [3.63, 3.8) is 0 Å². The van der Waals surface area contributed by atoms with Crippen molar-refractivity contribution >= 4 is 10.8 Å². The minimum Gasteiger partial charge on any atom is -0.299 e. The molecule has 0 saturated carbocycles. The highest BCUT2D eigenvalue weighted by atomic mass is 16.1. The zero-order valence-corrected chi connectivity index (χ0v) is 15.3. The van der Waals surface area contributed by atoms with E-state index in [0.29, 0.717) is 12.5 Å². The van der Waals surface area contributed by atoms with E-state index in [0.717, 1.165) is 44.7 Å². The number of benzene rings is 2. The zero-order valence-electron chi connectivity index (χ0n) is 15.3. The van der Waals surface area contributed by atoms with Crippen LogP contribution >= 0.6 is 0 Å². The summed E-state index contributed by atoms with van der Waals surface area (Å²) < 4.78 is 1.75. The maximum Gasteiger partial charge on any atom is 0.343 e. The third-order valence-corrected chi connectivity index (χ3v) is 5.61. The van der Waals surface area contributed by atoms with Crippen molar-refractivity contribution in [3.05, 3.63) is 64.3 Å². The number of likely N-dealkylation sites (tertiary alicyclic amines) is 1. The number of fused-ring (bicyclic) bond motifs is 1. The van der Waals surface area contributed by atoms with Gasteiger partial charge in [0, 0.05) is 19.5 Å². The van der Waals surface area contributed by atoms with Gasteiger partial charge in [-0.1, -0.05) is 42.5 Å².